The molecule has 0 aliphatic carbocycles. The third-order valence-corrected chi connectivity index (χ3v) is 3.76. The summed E-state index contributed by atoms with van der Waals surface area (Å²) in [5.74, 6) is -0.699. The van der Waals surface area contributed by atoms with Crippen LogP contribution in [0.5, 0.6) is 0 Å². The largest absolute Gasteiger partial charge is 0.322 e. The van der Waals surface area contributed by atoms with Crippen LogP contribution >= 0.6 is 15.9 Å². The molecule has 3 rings (SSSR count). The number of aromatic nitrogens is 2. The zero-order chi connectivity index (χ0) is 15.5. The number of hydrogen-bond donors (Lipinski definition) is 1. The van der Waals surface area contributed by atoms with Crippen molar-refractivity contribution in [1.29, 1.82) is 0 Å². The Labute approximate surface area is 134 Å². The molecule has 1 amide bonds. The Morgan fingerprint density at radius 3 is 2.59 bits per heavy atom. The monoisotopic (exact) mass is 359 g/mol. The van der Waals surface area contributed by atoms with Gasteiger partial charge in [0, 0.05) is 28.2 Å². The SMILES string of the molecule is O=C(Nc1ccc(-n2ccnc2)cc1)c1ccc(F)cc1Br. The van der Waals surface area contributed by atoms with Gasteiger partial charge in [-0.3, -0.25) is 4.79 Å². The first-order chi connectivity index (χ1) is 10.6. The van der Waals surface area contributed by atoms with Crippen LogP contribution in [-0.4, -0.2) is 15.5 Å². The lowest BCUT2D eigenvalue weighted by molar-refractivity contribution is 0.102. The van der Waals surface area contributed by atoms with E-state index in [-0.39, 0.29) is 5.91 Å². The second kappa shape index (κ2) is 6.11. The van der Waals surface area contributed by atoms with Crippen molar-refractivity contribution >= 4 is 27.5 Å². The Morgan fingerprint density at radius 2 is 1.95 bits per heavy atom. The van der Waals surface area contributed by atoms with Crippen LogP contribution in [0.2, 0.25) is 0 Å². The molecule has 0 fully saturated rings. The summed E-state index contributed by atoms with van der Waals surface area (Å²) in [5, 5.41) is 2.77. The Bertz CT molecular complexity index is 801. The molecule has 0 spiro atoms. The van der Waals surface area contributed by atoms with E-state index in [9.17, 15) is 9.18 Å². The third-order valence-electron chi connectivity index (χ3n) is 3.10. The lowest BCUT2D eigenvalue weighted by Crippen LogP contribution is -2.12. The number of imidazole rings is 1. The van der Waals surface area contributed by atoms with E-state index in [0.29, 0.717) is 15.7 Å². The smallest absolute Gasteiger partial charge is 0.256 e. The van der Waals surface area contributed by atoms with Crippen molar-refractivity contribution in [1.82, 2.24) is 9.55 Å². The summed E-state index contributed by atoms with van der Waals surface area (Å²) in [6.07, 6.45) is 5.23. The first-order valence-electron chi connectivity index (χ1n) is 6.48. The highest BCUT2D eigenvalue weighted by atomic mass is 79.9. The molecular formula is C16H11BrFN3O. The summed E-state index contributed by atoms with van der Waals surface area (Å²) < 4.78 is 15.3. The van der Waals surface area contributed by atoms with E-state index in [0.717, 1.165) is 5.69 Å². The standard InChI is InChI=1S/C16H11BrFN3O/c17-15-9-11(18)1-6-14(15)16(22)20-12-2-4-13(5-3-12)21-8-7-19-10-21/h1-10H,(H,20,22). The number of halogens is 2. The number of nitrogens with one attached hydrogen (secondary N) is 1. The Morgan fingerprint density at radius 1 is 1.18 bits per heavy atom. The number of carbonyl (C=O) groups excluding carboxylic acids is 1. The van der Waals surface area contributed by atoms with Gasteiger partial charge in [0.1, 0.15) is 5.82 Å². The zero-order valence-electron chi connectivity index (χ0n) is 11.3. The molecular weight excluding hydrogens is 349 g/mol. The highest BCUT2D eigenvalue weighted by molar-refractivity contribution is 9.10. The fraction of sp³-hybridized carbons (Fsp3) is 0. The van der Waals surface area contributed by atoms with Crippen molar-refractivity contribution < 1.29 is 9.18 Å². The summed E-state index contributed by atoms with van der Waals surface area (Å²) >= 11 is 3.19. The summed E-state index contributed by atoms with van der Waals surface area (Å²) in [6, 6.07) is 11.3. The van der Waals surface area contributed by atoms with Crippen molar-refractivity contribution in [3.63, 3.8) is 0 Å². The Hall–Kier alpha value is -2.47. The van der Waals surface area contributed by atoms with Gasteiger partial charge < -0.3 is 9.88 Å². The lowest BCUT2D eigenvalue weighted by atomic mass is 10.2. The Balaban J connectivity index is 1.77. The predicted octanol–water partition coefficient (Wildman–Crippen LogP) is 4.03. The van der Waals surface area contributed by atoms with Gasteiger partial charge in [-0.25, -0.2) is 9.37 Å². The molecule has 2 aromatic carbocycles. The number of carbonyl (C=O) groups is 1. The quantitative estimate of drug-likeness (QED) is 0.767. The summed E-state index contributed by atoms with van der Waals surface area (Å²) in [6.45, 7) is 0. The average molecular weight is 360 g/mol. The number of nitrogens with zero attached hydrogens (tertiary/aromatic N) is 2. The van der Waals surface area contributed by atoms with Gasteiger partial charge in [-0.05, 0) is 58.4 Å². The minimum absolute atomic E-state index is 0.303. The van der Waals surface area contributed by atoms with Crippen LogP contribution in [0.3, 0.4) is 0 Å². The molecule has 0 saturated heterocycles. The molecule has 1 heterocycles. The van der Waals surface area contributed by atoms with Gasteiger partial charge in [0.25, 0.3) is 5.91 Å². The number of anilines is 1. The van der Waals surface area contributed by atoms with Crippen molar-refractivity contribution in [3.05, 3.63) is 77.0 Å². The van der Waals surface area contributed by atoms with Crippen molar-refractivity contribution in [2.75, 3.05) is 5.32 Å². The number of rotatable bonds is 3. The van der Waals surface area contributed by atoms with E-state index in [4.69, 9.17) is 0 Å². The van der Waals surface area contributed by atoms with Crippen molar-refractivity contribution in [3.8, 4) is 5.69 Å². The summed E-state index contributed by atoms with van der Waals surface area (Å²) in [5.41, 5.74) is 1.98. The molecule has 0 saturated carbocycles. The minimum Gasteiger partial charge on any atom is -0.322 e. The fourth-order valence-corrected chi connectivity index (χ4v) is 2.53. The zero-order valence-corrected chi connectivity index (χ0v) is 12.9. The number of benzene rings is 2. The molecule has 0 bridgehead atoms. The van der Waals surface area contributed by atoms with Gasteiger partial charge in [-0.1, -0.05) is 0 Å². The van der Waals surface area contributed by atoms with Crippen LogP contribution < -0.4 is 5.32 Å². The van der Waals surface area contributed by atoms with Crippen LogP contribution in [0.15, 0.2) is 65.7 Å². The average Bonchev–Trinajstić information content (AvgIpc) is 3.02. The second-order valence-electron chi connectivity index (χ2n) is 4.60. The first kappa shape index (κ1) is 14.5. The van der Waals surface area contributed by atoms with Gasteiger partial charge in [0.05, 0.1) is 11.9 Å². The molecule has 1 aromatic heterocycles. The van der Waals surface area contributed by atoms with E-state index in [2.05, 4.69) is 26.2 Å². The molecule has 6 heteroatoms. The summed E-state index contributed by atoms with van der Waals surface area (Å²) in [4.78, 5) is 16.2. The molecule has 0 aliphatic heterocycles. The molecule has 4 nitrogen and oxygen atoms in total. The normalized spacial score (nSPS) is 10.5. The second-order valence-corrected chi connectivity index (χ2v) is 5.45. The first-order valence-corrected chi connectivity index (χ1v) is 7.27. The van der Waals surface area contributed by atoms with Crippen LogP contribution in [0.4, 0.5) is 10.1 Å². The van der Waals surface area contributed by atoms with E-state index >= 15 is 0 Å². The van der Waals surface area contributed by atoms with E-state index < -0.39 is 5.82 Å². The van der Waals surface area contributed by atoms with E-state index in [1.54, 1.807) is 24.7 Å². The third kappa shape index (κ3) is 3.07. The van der Waals surface area contributed by atoms with Gasteiger partial charge in [-0.15, -0.1) is 0 Å². The highest BCUT2D eigenvalue weighted by Crippen LogP contribution is 2.20. The molecule has 0 aliphatic rings. The molecule has 110 valence electrons. The molecule has 0 atom stereocenters. The molecule has 0 unspecified atom stereocenters. The van der Waals surface area contributed by atoms with Crippen LogP contribution in [-0.2, 0) is 0 Å². The summed E-state index contributed by atoms with van der Waals surface area (Å²) in [7, 11) is 0. The fourth-order valence-electron chi connectivity index (χ4n) is 2.00. The van der Waals surface area contributed by atoms with Crippen LogP contribution in [0, 0.1) is 5.82 Å². The lowest BCUT2D eigenvalue weighted by Gasteiger charge is -2.08. The molecule has 22 heavy (non-hydrogen) atoms. The van der Waals surface area contributed by atoms with E-state index in [1.807, 2.05) is 22.9 Å². The van der Waals surface area contributed by atoms with Gasteiger partial charge in [0.2, 0.25) is 0 Å². The van der Waals surface area contributed by atoms with Crippen LogP contribution in [0.25, 0.3) is 5.69 Å². The highest BCUT2D eigenvalue weighted by Gasteiger charge is 2.11. The van der Waals surface area contributed by atoms with Crippen LogP contribution in [0.1, 0.15) is 10.4 Å². The minimum atomic E-state index is -0.395. The predicted molar refractivity (Wildman–Crippen MR) is 85.6 cm³/mol. The Kier molecular flexibility index (Phi) is 4.02. The maximum atomic E-state index is 13.0. The topological polar surface area (TPSA) is 46.9 Å². The van der Waals surface area contributed by atoms with Gasteiger partial charge in [0.15, 0.2) is 0 Å². The number of hydrogen-bond acceptors (Lipinski definition) is 2. The molecule has 1 N–H and O–H groups in total. The van der Waals surface area contributed by atoms with Gasteiger partial charge in [-0.2, -0.15) is 0 Å². The maximum absolute atomic E-state index is 13.0. The van der Waals surface area contributed by atoms with Crippen molar-refractivity contribution in [2.24, 2.45) is 0 Å². The van der Waals surface area contributed by atoms with Crippen molar-refractivity contribution in [2.45, 2.75) is 0 Å². The number of amides is 1. The maximum Gasteiger partial charge on any atom is 0.256 e. The van der Waals surface area contributed by atoms with E-state index in [1.165, 1.54) is 18.2 Å². The molecule has 0 radical (unpaired) electrons. The van der Waals surface area contributed by atoms with Gasteiger partial charge >= 0.3 is 0 Å². The molecule has 3 aromatic rings.